The van der Waals surface area contributed by atoms with Crippen LogP contribution in [0.25, 0.3) is 11.3 Å². The van der Waals surface area contributed by atoms with E-state index in [0.29, 0.717) is 41.7 Å². The highest BCUT2D eigenvalue weighted by Gasteiger charge is 2.25. The van der Waals surface area contributed by atoms with Gasteiger partial charge in [0, 0.05) is 49.9 Å². The number of sulfone groups is 1. The minimum Gasteiger partial charge on any atom is -0.491 e. The van der Waals surface area contributed by atoms with Gasteiger partial charge in [-0.05, 0) is 39.2 Å². The summed E-state index contributed by atoms with van der Waals surface area (Å²) < 4.78 is 46.7. The summed E-state index contributed by atoms with van der Waals surface area (Å²) in [5.41, 5.74) is 2.06. The molecule has 0 aliphatic rings. The van der Waals surface area contributed by atoms with Crippen molar-refractivity contribution in [1.29, 1.82) is 0 Å². The van der Waals surface area contributed by atoms with Crippen molar-refractivity contribution in [1.82, 2.24) is 34.8 Å². The van der Waals surface area contributed by atoms with E-state index in [-0.39, 0.29) is 16.5 Å². The maximum atomic E-state index is 15.4. The molecule has 0 unspecified atom stereocenters. The Morgan fingerprint density at radius 2 is 1.95 bits per heavy atom. The zero-order valence-electron chi connectivity index (χ0n) is 22.0. The van der Waals surface area contributed by atoms with Crippen LogP contribution >= 0.6 is 0 Å². The van der Waals surface area contributed by atoms with E-state index in [0.717, 1.165) is 18.0 Å². The Morgan fingerprint density at radius 1 is 1.18 bits per heavy atom. The number of halogens is 1. The lowest BCUT2D eigenvalue weighted by molar-refractivity contribution is 0.413. The molecule has 0 spiro atoms. The molecule has 0 atom stereocenters. The lowest BCUT2D eigenvalue weighted by Gasteiger charge is -2.26. The summed E-state index contributed by atoms with van der Waals surface area (Å²) in [5.74, 6) is 0.624. The third kappa shape index (κ3) is 5.92. The second-order valence-electron chi connectivity index (χ2n) is 9.06. The van der Waals surface area contributed by atoms with Crippen molar-refractivity contribution in [2.75, 3.05) is 50.8 Å². The predicted molar refractivity (Wildman–Crippen MR) is 142 cm³/mol. The summed E-state index contributed by atoms with van der Waals surface area (Å²) in [6, 6.07) is 5.60. The van der Waals surface area contributed by atoms with Crippen LogP contribution in [0.1, 0.15) is 5.69 Å². The van der Waals surface area contributed by atoms with Gasteiger partial charge in [0.1, 0.15) is 11.5 Å². The second kappa shape index (κ2) is 10.8. The van der Waals surface area contributed by atoms with Gasteiger partial charge in [-0.2, -0.15) is 15.2 Å². The number of nitrogens with one attached hydrogen (secondary N) is 2. The van der Waals surface area contributed by atoms with Gasteiger partial charge in [0.05, 0.1) is 23.9 Å². The number of H-pyrrole nitrogens is 1. The van der Waals surface area contributed by atoms with E-state index in [1.54, 1.807) is 35.1 Å². The minimum atomic E-state index is -3.59. The number of methoxy groups -OCH3 is 1. The minimum absolute atomic E-state index is 0.116. The van der Waals surface area contributed by atoms with Crippen molar-refractivity contribution in [3.63, 3.8) is 0 Å². The number of anilines is 4. The van der Waals surface area contributed by atoms with Crippen molar-refractivity contribution in [3.05, 3.63) is 48.2 Å². The molecule has 0 aliphatic carbocycles. The van der Waals surface area contributed by atoms with Crippen LogP contribution in [0.5, 0.6) is 5.75 Å². The fourth-order valence-corrected chi connectivity index (χ4v) is 4.38. The van der Waals surface area contributed by atoms with Gasteiger partial charge in [-0.1, -0.05) is 0 Å². The Morgan fingerprint density at radius 3 is 2.50 bits per heavy atom. The number of hydrogen-bond donors (Lipinski definition) is 2. The molecular weight excluding hydrogens is 513 g/mol. The fourth-order valence-electron chi connectivity index (χ4n) is 3.75. The molecule has 0 saturated carbocycles. The zero-order chi connectivity index (χ0) is 27.6. The summed E-state index contributed by atoms with van der Waals surface area (Å²) in [4.78, 5) is 12.9. The fraction of sp³-hybridized carbons (Fsp3) is 0.333. The number of hydrogen-bond acceptors (Lipinski definition) is 10. The third-order valence-electron chi connectivity index (χ3n) is 5.64. The average Bonchev–Trinajstić information content (AvgIpc) is 3.46. The first kappa shape index (κ1) is 27.0. The molecule has 0 bridgehead atoms. The van der Waals surface area contributed by atoms with E-state index in [4.69, 9.17) is 14.7 Å². The number of aromatic nitrogens is 6. The number of rotatable bonds is 10. The number of aromatic amines is 1. The number of benzene rings is 1. The highest BCUT2D eigenvalue weighted by atomic mass is 32.2. The molecule has 4 rings (SSSR count). The van der Waals surface area contributed by atoms with Gasteiger partial charge in [0.2, 0.25) is 5.95 Å². The van der Waals surface area contributed by atoms with E-state index in [1.807, 2.05) is 25.9 Å². The quantitative estimate of drug-likeness (QED) is 0.307. The monoisotopic (exact) mass is 543 g/mol. The zero-order valence-corrected chi connectivity index (χ0v) is 22.8. The average molecular weight is 544 g/mol. The summed E-state index contributed by atoms with van der Waals surface area (Å²) >= 11 is 0. The Bertz CT molecular complexity index is 1550. The van der Waals surface area contributed by atoms with Crippen molar-refractivity contribution in [2.24, 2.45) is 7.05 Å². The molecule has 4 aromatic rings. The Labute approximate surface area is 220 Å². The van der Waals surface area contributed by atoms with E-state index in [1.165, 1.54) is 19.2 Å². The van der Waals surface area contributed by atoms with Crippen molar-refractivity contribution in [3.8, 4) is 17.0 Å². The van der Waals surface area contributed by atoms with Crippen LogP contribution in [-0.4, -0.2) is 83.8 Å². The number of ether oxygens (including phenoxy) is 1. The molecule has 0 fully saturated rings. The molecule has 3 aromatic heterocycles. The lowest BCUT2D eigenvalue weighted by Crippen LogP contribution is -2.30. The van der Waals surface area contributed by atoms with E-state index >= 15 is 4.39 Å². The molecule has 202 valence electrons. The van der Waals surface area contributed by atoms with Crippen LogP contribution in [-0.2, 0) is 16.9 Å². The smallest absolute Gasteiger partial charge is 0.232 e. The van der Waals surface area contributed by atoms with Gasteiger partial charge in [0.15, 0.2) is 27.2 Å². The summed E-state index contributed by atoms with van der Waals surface area (Å²) in [7, 11) is 3.49. The number of nitrogens with zero attached hydrogens (tertiary/aromatic N) is 7. The summed E-state index contributed by atoms with van der Waals surface area (Å²) in [6.07, 6.45) is 4.46. The summed E-state index contributed by atoms with van der Waals surface area (Å²) in [5, 5.41) is 14.5. The van der Waals surface area contributed by atoms with Crippen molar-refractivity contribution >= 4 is 33.1 Å². The van der Waals surface area contributed by atoms with Crippen molar-refractivity contribution in [2.45, 2.75) is 11.8 Å². The first-order valence-electron chi connectivity index (χ1n) is 11.6. The van der Waals surface area contributed by atoms with Gasteiger partial charge in [-0.15, -0.1) is 0 Å². The van der Waals surface area contributed by atoms with E-state index in [9.17, 15) is 8.42 Å². The number of likely N-dealkylation sites (N-methyl/N-ethyl adjacent to an activating group) is 1. The van der Waals surface area contributed by atoms with Gasteiger partial charge in [-0.25, -0.2) is 17.8 Å². The Balaban J connectivity index is 1.92. The standard InChI is InChI=1S/C24H30FN9O3S/c1-15-11-20(31-30-15)27-23-22(37-5)21(16-13-26-33(4)14-16)28-24(29-23)34(10-9-32(2)3)19-8-7-17(12-18(19)25)38(6,35)36/h7-8,11-14H,9-10H2,1-6H3,(H2,27,28,29,30,31). The van der Waals surface area contributed by atoms with Crippen LogP contribution in [0.15, 0.2) is 41.6 Å². The lowest BCUT2D eigenvalue weighted by atomic mass is 10.2. The number of aryl methyl sites for hydroxylation is 2. The summed E-state index contributed by atoms with van der Waals surface area (Å²) in [6.45, 7) is 2.71. The molecular formula is C24H30FN9O3S. The molecule has 14 heteroatoms. The Kier molecular flexibility index (Phi) is 7.64. The van der Waals surface area contributed by atoms with E-state index in [2.05, 4.69) is 20.6 Å². The van der Waals surface area contributed by atoms with Crippen molar-refractivity contribution < 1.29 is 17.5 Å². The second-order valence-corrected chi connectivity index (χ2v) is 11.1. The molecule has 0 saturated heterocycles. The van der Waals surface area contributed by atoms with Crippen LogP contribution in [0.4, 0.5) is 27.7 Å². The largest absolute Gasteiger partial charge is 0.491 e. The van der Waals surface area contributed by atoms with E-state index < -0.39 is 15.7 Å². The van der Waals surface area contributed by atoms with Gasteiger partial charge in [0.25, 0.3) is 0 Å². The molecule has 0 radical (unpaired) electrons. The maximum absolute atomic E-state index is 15.4. The van der Waals surface area contributed by atoms with Crippen LogP contribution in [0.3, 0.4) is 0 Å². The Hall–Kier alpha value is -4.04. The molecule has 0 amide bonds. The molecule has 1 aromatic carbocycles. The highest BCUT2D eigenvalue weighted by Crippen LogP contribution is 2.38. The van der Waals surface area contributed by atoms with Gasteiger partial charge >= 0.3 is 0 Å². The molecule has 12 nitrogen and oxygen atoms in total. The molecule has 2 N–H and O–H groups in total. The highest BCUT2D eigenvalue weighted by molar-refractivity contribution is 7.90. The van der Waals surface area contributed by atoms with Gasteiger partial charge in [-0.3, -0.25) is 9.78 Å². The maximum Gasteiger partial charge on any atom is 0.232 e. The van der Waals surface area contributed by atoms with Crippen LogP contribution < -0.4 is 15.0 Å². The molecule has 0 aliphatic heterocycles. The predicted octanol–water partition coefficient (Wildman–Crippen LogP) is 2.90. The normalized spacial score (nSPS) is 11.7. The van der Waals surface area contributed by atoms with Crippen LogP contribution in [0.2, 0.25) is 0 Å². The molecule has 38 heavy (non-hydrogen) atoms. The van der Waals surface area contributed by atoms with Crippen LogP contribution in [0, 0.1) is 12.7 Å². The van der Waals surface area contributed by atoms with Gasteiger partial charge < -0.3 is 19.9 Å². The SMILES string of the molecule is COc1c(Nc2cc(C)[nH]n2)nc(N(CCN(C)C)c2ccc(S(C)(=O)=O)cc2F)nc1-c1cnn(C)c1. The first-order chi connectivity index (χ1) is 18.0. The molecule has 3 heterocycles. The first-order valence-corrected chi connectivity index (χ1v) is 13.5. The third-order valence-corrected chi connectivity index (χ3v) is 6.75. The topological polar surface area (TPSA) is 134 Å².